The third-order valence-corrected chi connectivity index (χ3v) is 6.69. The van der Waals surface area contributed by atoms with E-state index in [9.17, 15) is 14.0 Å². The van der Waals surface area contributed by atoms with Gasteiger partial charge in [-0.15, -0.1) is 0 Å². The van der Waals surface area contributed by atoms with E-state index >= 15 is 0 Å². The molecule has 1 unspecified atom stereocenters. The summed E-state index contributed by atoms with van der Waals surface area (Å²) in [5.74, 6) is 0. The van der Waals surface area contributed by atoms with E-state index in [1.54, 1.807) is 0 Å². The molecule has 0 aliphatic heterocycles. The van der Waals surface area contributed by atoms with Crippen LogP contribution in [0, 0.1) is 0 Å². The van der Waals surface area contributed by atoms with E-state index in [0.29, 0.717) is 13.0 Å². The molecule has 1 atom stereocenters. The first-order valence-corrected chi connectivity index (χ1v) is 13.0. The van der Waals surface area contributed by atoms with Crippen molar-refractivity contribution < 1.29 is 42.4 Å². The maximum Gasteiger partial charge on any atom is 0.476 e. The number of phosphoric acid groups is 1. The average molecular weight is 424 g/mol. The fourth-order valence-corrected chi connectivity index (χ4v) is 4.93. The van der Waals surface area contributed by atoms with Crippen LogP contribution in [0.5, 0.6) is 0 Å². The zero-order chi connectivity index (χ0) is 19.2. The van der Waals surface area contributed by atoms with Crippen LogP contribution in [0.1, 0.15) is 70.6 Å². The van der Waals surface area contributed by atoms with Crippen LogP contribution in [0.4, 0.5) is 0 Å². The third kappa shape index (κ3) is 20.8. The van der Waals surface area contributed by atoms with Crippen LogP contribution < -0.4 is 0 Å². The SMILES string of the molecule is O=P(O)(O)OP(=O)(O)CCCCCCCCCCCCCOP(O)O. The van der Waals surface area contributed by atoms with Gasteiger partial charge >= 0.3 is 24.0 Å². The Kier molecular flexibility index (Phi) is 15.0. The van der Waals surface area contributed by atoms with Gasteiger partial charge in [0.05, 0.1) is 12.8 Å². The van der Waals surface area contributed by atoms with E-state index in [1.807, 2.05) is 0 Å². The van der Waals surface area contributed by atoms with Crippen LogP contribution in [0.25, 0.3) is 0 Å². The topological polar surface area (TPSA) is 154 Å². The van der Waals surface area contributed by atoms with Crippen molar-refractivity contribution in [2.75, 3.05) is 12.8 Å². The lowest BCUT2D eigenvalue weighted by atomic mass is 10.1. The van der Waals surface area contributed by atoms with E-state index in [1.165, 1.54) is 0 Å². The predicted molar refractivity (Wildman–Crippen MR) is 95.9 cm³/mol. The molecule has 0 aromatic rings. The van der Waals surface area contributed by atoms with Crippen molar-refractivity contribution in [3.63, 3.8) is 0 Å². The van der Waals surface area contributed by atoms with Crippen molar-refractivity contribution in [3.05, 3.63) is 0 Å². The Bertz CT molecular complexity index is 414. The molecule has 0 aliphatic rings. The molecule has 0 amide bonds. The highest BCUT2D eigenvalue weighted by molar-refractivity contribution is 7.63. The smallest absolute Gasteiger partial charge is 0.328 e. The van der Waals surface area contributed by atoms with Gasteiger partial charge in [-0.1, -0.05) is 57.8 Å². The van der Waals surface area contributed by atoms with Crippen LogP contribution in [0.15, 0.2) is 0 Å². The van der Waals surface area contributed by atoms with Gasteiger partial charge in [-0.2, -0.15) is 0 Å². The molecule has 0 aromatic carbocycles. The van der Waals surface area contributed by atoms with Gasteiger partial charge < -0.3 is 29.0 Å². The van der Waals surface area contributed by atoms with Gasteiger partial charge in [-0.25, -0.2) is 8.88 Å². The van der Waals surface area contributed by atoms with Crippen molar-refractivity contribution >= 4 is 24.0 Å². The Morgan fingerprint density at radius 2 is 1.08 bits per heavy atom. The van der Waals surface area contributed by atoms with E-state index in [4.69, 9.17) is 19.6 Å². The summed E-state index contributed by atoms with van der Waals surface area (Å²) in [5.41, 5.74) is 0. The fraction of sp³-hybridized carbons (Fsp3) is 1.00. The molecule has 0 aromatic heterocycles. The Hall–Kier alpha value is 0.610. The third-order valence-electron chi connectivity index (χ3n) is 3.53. The lowest BCUT2D eigenvalue weighted by Crippen LogP contribution is -1.94. The zero-order valence-corrected chi connectivity index (χ0v) is 17.1. The zero-order valence-electron chi connectivity index (χ0n) is 14.4. The Balaban J connectivity index is 3.32. The average Bonchev–Trinajstić information content (AvgIpc) is 2.44. The minimum Gasteiger partial charge on any atom is -0.328 e. The summed E-state index contributed by atoms with van der Waals surface area (Å²) in [4.78, 5) is 43.4. The molecule has 0 saturated heterocycles. The molecule has 0 heterocycles. The van der Waals surface area contributed by atoms with Crippen molar-refractivity contribution in [1.82, 2.24) is 0 Å². The summed E-state index contributed by atoms with van der Waals surface area (Å²) >= 11 is 0. The van der Waals surface area contributed by atoms with Crippen LogP contribution in [0.3, 0.4) is 0 Å². The van der Waals surface area contributed by atoms with Crippen molar-refractivity contribution in [3.8, 4) is 0 Å². The maximum absolute atomic E-state index is 11.4. The minimum absolute atomic E-state index is 0.240. The van der Waals surface area contributed by atoms with E-state index in [0.717, 1.165) is 64.2 Å². The van der Waals surface area contributed by atoms with Crippen LogP contribution >= 0.6 is 24.0 Å². The van der Waals surface area contributed by atoms with Gasteiger partial charge in [0.2, 0.25) is 0 Å². The first-order chi connectivity index (χ1) is 11.6. The van der Waals surface area contributed by atoms with Gasteiger partial charge in [-0.3, -0.25) is 4.57 Å². The van der Waals surface area contributed by atoms with E-state index in [2.05, 4.69) is 8.83 Å². The lowest BCUT2D eigenvalue weighted by Gasteiger charge is -2.12. The number of hydrogen-bond donors (Lipinski definition) is 5. The normalized spacial score (nSPS) is 14.8. The van der Waals surface area contributed by atoms with Gasteiger partial charge in [0, 0.05) is 0 Å². The Morgan fingerprint density at radius 3 is 1.48 bits per heavy atom. The molecular formula is C13H31O9P3. The molecule has 9 nitrogen and oxygen atoms in total. The Labute approximate surface area is 150 Å². The highest BCUT2D eigenvalue weighted by Crippen LogP contribution is 2.57. The summed E-state index contributed by atoms with van der Waals surface area (Å²) < 4.78 is 30.5. The second kappa shape index (κ2) is 14.6. The molecule has 0 saturated carbocycles. The predicted octanol–water partition coefficient (Wildman–Crippen LogP) is 3.80. The Morgan fingerprint density at radius 1 is 0.680 bits per heavy atom. The van der Waals surface area contributed by atoms with Gasteiger partial charge in [-0.05, 0) is 12.8 Å². The number of rotatable bonds is 17. The first-order valence-electron chi connectivity index (χ1n) is 8.52. The van der Waals surface area contributed by atoms with Crippen molar-refractivity contribution in [1.29, 1.82) is 0 Å². The number of unbranched alkanes of at least 4 members (excludes halogenated alkanes) is 10. The van der Waals surface area contributed by atoms with E-state index < -0.39 is 24.0 Å². The van der Waals surface area contributed by atoms with E-state index in [-0.39, 0.29) is 6.16 Å². The molecule has 0 spiro atoms. The monoisotopic (exact) mass is 424 g/mol. The molecule has 152 valence electrons. The summed E-state index contributed by atoms with van der Waals surface area (Å²) in [7, 11) is -11.3. The summed E-state index contributed by atoms with van der Waals surface area (Å²) in [6, 6.07) is 0. The minimum atomic E-state index is -4.92. The van der Waals surface area contributed by atoms with Crippen LogP contribution in [-0.2, 0) is 18.0 Å². The highest BCUT2D eigenvalue weighted by Gasteiger charge is 2.29. The molecule has 0 rings (SSSR count). The number of hydrogen-bond acceptors (Lipinski definition) is 6. The molecule has 0 bridgehead atoms. The fourth-order valence-electron chi connectivity index (χ4n) is 2.36. The molecular weight excluding hydrogens is 393 g/mol. The summed E-state index contributed by atoms with van der Waals surface area (Å²) in [6.07, 6.45) is 10.3. The van der Waals surface area contributed by atoms with Gasteiger partial charge in [0.1, 0.15) is 0 Å². The van der Waals surface area contributed by atoms with Crippen molar-refractivity contribution in [2.24, 2.45) is 0 Å². The van der Waals surface area contributed by atoms with Gasteiger partial charge in [0.15, 0.2) is 0 Å². The van der Waals surface area contributed by atoms with Gasteiger partial charge in [0.25, 0.3) is 0 Å². The largest absolute Gasteiger partial charge is 0.476 e. The molecule has 5 N–H and O–H groups in total. The molecule has 12 heteroatoms. The quantitative estimate of drug-likeness (QED) is 0.173. The van der Waals surface area contributed by atoms with Crippen LogP contribution in [0.2, 0.25) is 0 Å². The standard InChI is InChI=1S/C13H31O9P3/c14-23(15)21-12-10-8-6-4-2-1-3-5-7-9-11-13-24(16,17)22-25(18,19)20/h14-15H,1-13H2,(H,16,17)(H2,18,19,20). The highest BCUT2D eigenvalue weighted by atomic mass is 31.3. The second-order valence-electron chi connectivity index (χ2n) is 5.91. The molecule has 0 fully saturated rings. The summed E-state index contributed by atoms with van der Waals surface area (Å²) in [5, 5.41) is 0. The molecule has 0 aliphatic carbocycles. The van der Waals surface area contributed by atoms with Crippen molar-refractivity contribution in [2.45, 2.75) is 70.6 Å². The maximum atomic E-state index is 11.4. The summed E-state index contributed by atoms with van der Waals surface area (Å²) in [6.45, 7) is 0.388. The molecule has 0 radical (unpaired) electrons. The first kappa shape index (κ1) is 25.6. The molecule has 25 heavy (non-hydrogen) atoms. The lowest BCUT2D eigenvalue weighted by molar-refractivity contribution is 0.248. The van der Waals surface area contributed by atoms with Crippen LogP contribution in [-0.4, -0.2) is 37.2 Å². The second-order valence-corrected chi connectivity index (χ2v) is 10.0.